The molecular formula is C9H19NO. The molecule has 66 valence electrons. The van der Waals surface area contributed by atoms with E-state index in [0.717, 1.165) is 19.0 Å². The number of piperidine rings is 1. The van der Waals surface area contributed by atoms with Crippen LogP contribution in [-0.4, -0.2) is 35.7 Å². The number of likely N-dealkylation sites (N-methyl/N-ethyl adjacent to an activating group) is 1. The summed E-state index contributed by atoms with van der Waals surface area (Å²) in [6.07, 6.45) is 4.63. The van der Waals surface area contributed by atoms with Gasteiger partial charge in [-0.05, 0) is 26.3 Å². The van der Waals surface area contributed by atoms with Crippen LogP contribution in [0.15, 0.2) is 0 Å². The first-order valence-corrected chi connectivity index (χ1v) is 4.62. The molecular weight excluding hydrogens is 138 g/mol. The van der Waals surface area contributed by atoms with Crippen LogP contribution in [-0.2, 0) is 0 Å². The lowest BCUT2D eigenvalue weighted by molar-refractivity contribution is 0.0481. The van der Waals surface area contributed by atoms with E-state index in [1.54, 1.807) is 0 Å². The molecule has 1 aliphatic heterocycles. The zero-order valence-electron chi connectivity index (χ0n) is 7.58. The van der Waals surface area contributed by atoms with E-state index in [-0.39, 0.29) is 6.10 Å². The van der Waals surface area contributed by atoms with E-state index in [1.165, 1.54) is 19.3 Å². The Hall–Kier alpha value is -0.0800. The second kappa shape index (κ2) is 4.07. The Balaban J connectivity index is 2.31. The fraction of sp³-hybridized carbons (Fsp3) is 1.00. The number of likely N-dealkylation sites (tertiary alicyclic amines) is 1. The van der Waals surface area contributed by atoms with Crippen LogP contribution >= 0.6 is 0 Å². The summed E-state index contributed by atoms with van der Waals surface area (Å²) >= 11 is 0. The number of nitrogens with zero attached hydrogens (tertiary/aromatic N) is 1. The minimum atomic E-state index is -0.0758. The molecule has 0 aromatic heterocycles. The molecule has 0 spiro atoms. The van der Waals surface area contributed by atoms with Crippen molar-refractivity contribution in [3.05, 3.63) is 0 Å². The molecule has 0 amide bonds. The van der Waals surface area contributed by atoms with Gasteiger partial charge in [-0.25, -0.2) is 0 Å². The first kappa shape index (κ1) is 9.01. The third kappa shape index (κ3) is 2.46. The SMILES string of the molecule is CCC[C@H]1CC[C@H](O)CN1C. The largest absolute Gasteiger partial charge is 0.392 e. The maximum absolute atomic E-state index is 9.32. The van der Waals surface area contributed by atoms with Crippen molar-refractivity contribution in [2.45, 2.75) is 44.8 Å². The number of aliphatic hydroxyl groups excluding tert-OH is 1. The Morgan fingerprint density at radius 1 is 1.45 bits per heavy atom. The van der Waals surface area contributed by atoms with E-state index in [9.17, 15) is 5.11 Å². The second-order valence-corrected chi connectivity index (χ2v) is 3.61. The highest BCUT2D eigenvalue weighted by molar-refractivity contribution is 4.78. The predicted octanol–water partition coefficient (Wildman–Crippen LogP) is 1.24. The van der Waals surface area contributed by atoms with Gasteiger partial charge in [0.1, 0.15) is 0 Å². The fourth-order valence-electron chi connectivity index (χ4n) is 1.88. The summed E-state index contributed by atoms with van der Waals surface area (Å²) in [5, 5.41) is 9.32. The molecule has 0 aromatic rings. The third-order valence-corrected chi connectivity index (χ3v) is 2.58. The minimum absolute atomic E-state index is 0.0758. The smallest absolute Gasteiger partial charge is 0.0667 e. The van der Waals surface area contributed by atoms with Gasteiger partial charge in [0.05, 0.1) is 6.10 Å². The second-order valence-electron chi connectivity index (χ2n) is 3.61. The van der Waals surface area contributed by atoms with E-state index < -0.39 is 0 Å². The molecule has 2 nitrogen and oxygen atoms in total. The van der Waals surface area contributed by atoms with Gasteiger partial charge in [0.2, 0.25) is 0 Å². The molecule has 2 atom stereocenters. The zero-order chi connectivity index (χ0) is 8.27. The Morgan fingerprint density at radius 3 is 2.73 bits per heavy atom. The van der Waals surface area contributed by atoms with E-state index >= 15 is 0 Å². The number of hydrogen-bond acceptors (Lipinski definition) is 2. The molecule has 0 aromatic carbocycles. The van der Waals surface area contributed by atoms with Crippen LogP contribution in [0.2, 0.25) is 0 Å². The van der Waals surface area contributed by atoms with Crippen molar-refractivity contribution in [3.8, 4) is 0 Å². The Kier molecular flexibility index (Phi) is 3.34. The van der Waals surface area contributed by atoms with Gasteiger partial charge in [-0.2, -0.15) is 0 Å². The third-order valence-electron chi connectivity index (χ3n) is 2.58. The normalized spacial score (nSPS) is 34.1. The Bertz CT molecular complexity index is 116. The summed E-state index contributed by atoms with van der Waals surface area (Å²) in [4.78, 5) is 2.29. The molecule has 0 unspecified atom stereocenters. The molecule has 11 heavy (non-hydrogen) atoms. The fourth-order valence-corrected chi connectivity index (χ4v) is 1.88. The topological polar surface area (TPSA) is 23.5 Å². The molecule has 1 saturated heterocycles. The van der Waals surface area contributed by atoms with Gasteiger partial charge in [-0.1, -0.05) is 13.3 Å². The number of rotatable bonds is 2. The summed E-state index contributed by atoms with van der Waals surface area (Å²) in [6, 6.07) is 0.725. The Labute approximate surface area is 69.2 Å². The van der Waals surface area contributed by atoms with Gasteiger partial charge in [-0.15, -0.1) is 0 Å². The molecule has 1 N–H and O–H groups in total. The first-order valence-electron chi connectivity index (χ1n) is 4.62. The van der Waals surface area contributed by atoms with Crippen LogP contribution < -0.4 is 0 Å². The van der Waals surface area contributed by atoms with Gasteiger partial charge in [0.15, 0.2) is 0 Å². The molecule has 1 heterocycles. The summed E-state index contributed by atoms with van der Waals surface area (Å²) in [6.45, 7) is 3.09. The molecule has 0 radical (unpaired) electrons. The average Bonchev–Trinajstić information content (AvgIpc) is 1.95. The van der Waals surface area contributed by atoms with Crippen LogP contribution in [0, 0.1) is 0 Å². The standard InChI is InChI=1S/C9H19NO/c1-3-4-8-5-6-9(11)7-10(8)2/h8-9,11H,3-7H2,1-2H3/t8-,9-/m0/s1. The quantitative estimate of drug-likeness (QED) is 0.652. The maximum Gasteiger partial charge on any atom is 0.0667 e. The Morgan fingerprint density at radius 2 is 2.18 bits per heavy atom. The molecule has 1 rings (SSSR count). The van der Waals surface area contributed by atoms with E-state index in [0.29, 0.717) is 0 Å². The van der Waals surface area contributed by atoms with Crippen molar-refractivity contribution < 1.29 is 5.11 Å². The molecule has 1 fully saturated rings. The summed E-state index contributed by atoms with van der Waals surface area (Å²) in [5.41, 5.74) is 0. The van der Waals surface area contributed by atoms with Crippen LogP contribution in [0.4, 0.5) is 0 Å². The highest BCUT2D eigenvalue weighted by atomic mass is 16.3. The van der Waals surface area contributed by atoms with Gasteiger partial charge < -0.3 is 10.0 Å². The molecule has 1 aliphatic rings. The summed E-state index contributed by atoms with van der Waals surface area (Å²) in [5.74, 6) is 0. The highest BCUT2D eigenvalue weighted by Gasteiger charge is 2.22. The van der Waals surface area contributed by atoms with Crippen molar-refractivity contribution >= 4 is 0 Å². The van der Waals surface area contributed by atoms with Crippen molar-refractivity contribution in [1.82, 2.24) is 4.90 Å². The van der Waals surface area contributed by atoms with E-state index in [1.807, 2.05) is 0 Å². The number of β-amino-alcohol motifs (C(OH)–C–C–N with tert-alkyl or cyclic N) is 1. The van der Waals surface area contributed by atoms with Gasteiger partial charge in [0, 0.05) is 12.6 Å². The van der Waals surface area contributed by atoms with Crippen LogP contribution in [0.1, 0.15) is 32.6 Å². The minimum Gasteiger partial charge on any atom is -0.392 e. The lowest BCUT2D eigenvalue weighted by atomic mass is 9.97. The molecule has 0 bridgehead atoms. The van der Waals surface area contributed by atoms with Crippen molar-refractivity contribution in [2.24, 2.45) is 0 Å². The van der Waals surface area contributed by atoms with Crippen molar-refractivity contribution in [2.75, 3.05) is 13.6 Å². The lowest BCUT2D eigenvalue weighted by Crippen LogP contribution is -2.42. The number of hydrogen-bond donors (Lipinski definition) is 1. The molecule has 0 aliphatic carbocycles. The zero-order valence-corrected chi connectivity index (χ0v) is 7.58. The van der Waals surface area contributed by atoms with Crippen LogP contribution in [0.5, 0.6) is 0 Å². The van der Waals surface area contributed by atoms with E-state index in [4.69, 9.17) is 0 Å². The predicted molar refractivity (Wildman–Crippen MR) is 46.6 cm³/mol. The summed E-state index contributed by atoms with van der Waals surface area (Å²) in [7, 11) is 2.11. The highest BCUT2D eigenvalue weighted by Crippen LogP contribution is 2.18. The van der Waals surface area contributed by atoms with Crippen LogP contribution in [0.3, 0.4) is 0 Å². The van der Waals surface area contributed by atoms with Crippen molar-refractivity contribution in [1.29, 1.82) is 0 Å². The van der Waals surface area contributed by atoms with E-state index in [2.05, 4.69) is 18.9 Å². The molecule has 2 heteroatoms. The maximum atomic E-state index is 9.32. The van der Waals surface area contributed by atoms with Gasteiger partial charge in [-0.3, -0.25) is 0 Å². The van der Waals surface area contributed by atoms with Crippen molar-refractivity contribution in [3.63, 3.8) is 0 Å². The lowest BCUT2D eigenvalue weighted by Gasteiger charge is -2.35. The number of aliphatic hydroxyl groups is 1. The van der Waals surface area contributed by atoms with Gasteiger partial charge in [0.25, 0.3) is 0 Å². The molecule has 0 saturated carbocycles. The average molecular weight is 157 g/mol. The summed E-state index contributed by atoms with van der Waals surface area (Å²) < 4.78 is 0. The van der Waals surface area contributed by atoms with Crippen LogP contribution in [0.25, 0.3) is 0 Å². The first-order chi connectivity index (χ1) is 5.24. The monoisotopic (exact) mass is 157 g/mol. The van der Waals surface area contributed by atoms with Gasteiger partial charge >= 0.3 is 0 Å².